The summed E-state index contributed by atoms with van der Waals surface area (Å²) < 4.78 is 0. The predicted molar refractivity (Wildman–Crippen MR) is 125 cm³/mol. The molecule has 0 aliphatic heterocycles. The molecule has 1 aliphatic carbocycles. The lowest BCUT2D eigenvalue weighted by atomic mass is 10.0. The van der Waals surface area contributed by atoms with Gasteiger partial charge in [-0.2, -0.15) is 0 Å². The van der Waals surface area contributed by atoms with Crippen LogP contribution >= 0.6 is 11.3 Å². The van der Waals surface area contributed by atoms with Crippen molar-refractivity contribution in [1.82, 2.24) is 20.3 Å². The van der Waals surface area contributed by atoms with Gasteiger partial charge in [-0.25, -0.2) is 9.97 Å². The van der Waals surface area contributed by atoms with Gasteiger partial charge in [0.05, 0.1) is 16.6 Å². The zero-order valence-corrected chi connectivity index (χ0v) is 18.4. The smallest absolute Gasteiger partial charge is 0.261 e. The van der Waals surface area contributed by atoms with Gasteiger partial charge in [-0.15, -0.1) is 11.3 Å². The molecule has 158 valence electrons. The lowest BCUT2D eigenvalue weighted by Gasteiger charge is -2.19. The average molecular weight is 432 g/mol. The number of benzene rings is 1. The lowest BCUT2D eigenvalue weighted by Crippen LogP contribution is -2.30. The number of para-hydroxylation sites is 1. The van der Waals surface area contributed by atoms with E-state index in [4.69, 9.17) is 4.98 Å². The van der Waals surface area contributed by atoms with E-state index < -0.39 is 0 Å². The number of thiophene rings is 1. The minimum atomic E-state index is -0.262. The first-order chi connectivity index (χ1) is 15.1. The molecule has 1 amide bonds. The number of aryl methyl sites for hydroxylation is 1. The number of amides is 1. The van der Waals surface area contributed by atoms with E-state index in [1.807, 2.05) is 50.5 Å². The van der Waals surface area contributed by atoms with Crippen LogP contribution in [0.25, 0.3) is 10.9 Å². The number of hydrogen-bond donors (Lipinski definition) is 3. The van der Waals surface area contributed by atoms with Crippen LogP contribution in [-0.4, -0.2) is 27.9 Å². The maximum atomic E-state index is 13.1. The van der Waals surface area contributed by atoms with Crippen LogP contribution in [0.2, 0.25) is 0 Å². The first-order valence-electron chi connectivity index (χ1n) is 10.6. The van der Waals surface area contributed by atoms with Gasteiger partial charge in [0.25, 0.3) is 5.91 Å². The minimum Gasteiger partial charge on any atom is -0.373 e. The molecule has 3 N–H and O–H groups in total. The van der Waals surface area contributed by atoms with Crippen LogP contribution < -0.4 is 10.6 Å². The van der Waals surface area contributed by atoms with Crippen molar-refractivity contribution in [2.24, 2.45) is 0 Å². The molecule has 4 aromatic rings. The summed E-state index contributed by atoms with van der Waals surface area (Å²) in [5.41, 5.74) is 3.09. The largest absolute Gasteiger partial charge is 0.373 e. The van der Waals surface area contributed by atoms with E-state index in [9.17, 15) is 4.79 Å². The fourth-order valence-electron chi connectivity index (χ4n) is 3.85. The number of carbonyl (C=O) groups is 1. The van der Waals surface area contributed by atoms with Crippen LogP contribution in [0.15, 0.2) is 48.7 Å². The van der Waals surface area contributed by atoms with E-state index in [0.717, 1.165) is 46.1 Å². The number of fused-ring (bicyclic) bond motifs is 1. The van der Waals surface area contributed by atoms with Crippen molar-refractivity contribution in [1.29, 1.82) is 0 Å². The number of H-pyrrole nitrogens is 1. The van der Waals surface area contributed by atoms with Crippen molar-refractivity contribution in [3.05, 3.63) is 75.5 Å². The molecule has 1 fully saturated rings. The van der Waals surface area contributed by atoms with Gasteiger partial charge in [-0.1, -0.05) is 18.2 Å². The Kier molecular flexibility index (Phi) is 5.19. The summed E-state index contributed by atoms with van der Waals surface area (Å²) in [7, 11) is 1.87. The molecule has 1 atom stereocenters. The van der Waals surface area contributed by atoms with E-state index in [2.05, 4.69) is 32.7 Å². The second-order valence-electron chi connectivity index (χ2n) is 8.06. The van der Waals surface area contributed by atoms with E-state index in [0.29, 0.717) is 17.2 Å². The fraction of sp³-hybridized carbons (Fsp3) is 0.292. The number of anilines is 1. The molecule has 7 heteroatoms. The van der Waals surface area contributed by atoms with Crippen molar-refractivity contribution in [2.45, 2.75) is 38.1 Å². The summed E-state index contributed by atoms with van der Waals surface area (Å²) in [6, 6.07) is 13.8. The van der Waals surface area contributed by atoms with Gasteiger partial charge < -0.3 is 15.6 Å². The topological polar surface area (TPSA) is 82.7 Å². The number of nitrogens with zero attached hydrogens (tertiary/aromatic N) is 2. The van der Waals surface area contributed by atoms with Crippen molar-refractivity contribution < 1.29 is 4.79 Å². The zero-order chi connectivity index (χ0) is 21.4. The SMILES string of the molecule is CNc1cc([C@@H](Cc2c[nH]c3ccccc23)NC(=O)c2ccc(C)s2)nc(C2CC2)n1. The molecule has 1 saturated carbocycles. The highest BCUT2D eigenvalue weighted by Crippen LogP contribution is 2.39. The Hall–Kier alpha value is -3.19. The first kappa shape index (κ1) is 19.8. The molecule has 5 rings (SSSR count). The van der Waals surface area contributed by atoms with Crippen LogP contribution in [-0.2, 0) is 6.42 Å². The Morgan fingerprint density at radius 3 is 2.81 bits per heavy atom. The van der Waals surface area contributed by atoms with Crippen molar-refractivity contribution in [3.8, 4) is 0 Å². The van der Waals surface area contributed by atoms with Crippen LogP contribution in [0, 0.1) is 6.92 Å². The normalized spacial score (nSPS) is 14.5. The summed E-state index contributed by atoms with van der Waals surface area (Å²) in [6.07, 6.45) is 4.92. The third-order valence-electron chi connectivity index (χ3n) is 5.69. The van der Waals surface area contributed by atoms with Crippen molar-refractivity contribution in [2.75, 3.05) is 12.4 Å². The molecular formula is C24H25N5OS. The third kappa shape index (κ3) is 4.18. The number of aromatic amines is 1. The Bertz CT molecular complexity index is 1240. The minimum absolute atomic E-state index is 0.0690. The van der Waals surface area contributed by atoms with Gasteiger partial charge in [-0.3, -0.25) is 4.79 Å². The van der Waals surface area contributed by atoms with Gasteiger partial charge in [-0.05, 0) is 43.5 Å². The molecule has 3 aromatic heterocycles. The van der Waals surface area contributed by atoms with Gasteiger partial charge in [0.1, 0.15) is 11.6 Å². The van der Waals surface area contributed by atoms with E-state index >= 15 is 0 Å². The maximum Gasteiger partial charge on any atom is 0.261 e. The Morgan fingerprint density at radius 1 is 1.23 bits per heavy atom. The quantitative estimate of drug-likeness (QED) is 0.386. The molecule has 0 saturated heterocycles. The van der Waals surface area contributed by atoms with Gasteiger partial charge >= 0.3 is 0 Å². The molecule has 6 nitrogen and oxygen atoms in total. The maximum absolute atomic E-state index is 13.1. The molecule has 0 bridgehead atoms. The molecule has 31 heavy (non-hydrogen) atoms. The standard InChI is InChI=1S/C24H25N5OS/c1-14-7-10-21(31-14)24(30)28-19(11-16-13-26-18-6-4-3-5-17(16)18)20-12-22(25-2)29-23(27-20)15-8-9-15/h3-7,10,12-13,15,19,26H,8-9,11H2,1-2H3,(H,28,30)(H,25,27,29)/t19-/m1/s1. The van der Waals surface area contributed by atoms with E-state index in [1.165, 1.54) is 16.7 Å². The van der Waals surface area contributed by atoms with Gasteiger partial charge in [0.15, 0.2) is 0 Å². The predicted octanol–water partition coefficient (Wildman–Crippen LogP) is 4.96. The van der Waals surface area contributed by atoms with Gasteiger partial charge in [0.2, 0.25) is 0 Å². The Balaban J connectivity index is 1.52. The molecule has 1 aliphatic rings. The monoisotopic (exact) mass is 431 g/mol. The first-order valence-corrected chi connectivity index (χ1v) is 11.4. The molecular weight excluding hydrogens is 406 g/mol. The zero-order valence-electron chi connectivity index (χ0n) is 17.6. The van der Waals surface area contributed by atoms with Crippen LogP contribution in [0.5, 0.6) is 0 Å². The highest BCUT2D eigenvalue weighted by atomic mass is 32.1. The Labute approximate surface area is 185 Å². The molecule has 0 unspecified atom stereocenters. The second kappa shape index (κ2) is 8.15. The molecule has 0 radical (unpaired) electrons. The number of aromatic nitrogens is 3. The second-order valence-corrected chi connectivity index (χ2v) is 9.35. The summed E-state index contributed by atoms with van der Waals surface area (Å²) in [6.45, 7) is 2.01. The highest BCUT2D eigenvalue weighted by Gasteiger charge is 2.29. The van der Waals surface area contributed by atoms with Crippen molar-refractivity contribution >= 4 is 34.0 Å². The molecule has 3 heterocycles. The summed E-state index contributed by atoms with van der Waals surface area (Å²) in [5, 5.41) is 7.56. The third-order valence-corrected chi connectivity index (χ3v) is 6.69. The van der Waals surface area contributed by atoms with Crippen LogP contribution in [0.3, 0.4) is 0 Å². The Morgan fingerprint density at radius 2 is 2.06 bits per heavy atom. The summed E-state index contributed by atoms with van der Waals surface area (Å²) in [4.78, 5) is 27.8. The number of carbonyl (C=O) groups excluding carboxylic acids is 1. The van der Waals surface area contributed by atoms with Crippen LogP contribution in [0.4, 0.5) is 5.82 Å². The highest BCUT2D eigenvalue weighted by molar-refractivity contribution is 7.13. The van der Waals surface area contributed by atoms with E-state index in [-0.39, 0.29) is 11.9 Å². The molecule has 1 aromatic carbocycles. The van der Waals surface area contributed by atoms with Crippen molar-refractivity contribution in [3.63, 3.8) is 0 Å². The summed E-state index contributed by atoms with van der Waals surface area (Å²) >= 11 is 1.51. The van der Waals surface area contributed by atoms with E-state index in [1.54, 1.807) is 0 Å². The molecule has 0 spiro atoms. The lowest BCUT2D eigenvalue weighted by molar-refractivity contribution is 0.0939. The number of rotatable bonds is 7. The van der Waals surface area contributed by atoms with Crippen LogP contribution in [0.1, 0.15) is 56.4 Å². The number of hydrogen-bond acceptors (Lipinski definition) is 5. The average Bonchev–Trinajstić information content (AvgIpc) is 3.43. The summed E-state index contributed by atoms with van der Waals surface area (Å²) in [5.74, 6) is 2.01. The van der Waals surface area contributed by atoms with Gasteiger partial charge in [0, 0.05) is 47.4 Å². The fourth-order valence-corrected chi connectivity index (χ4v) is 4.62. The number of nitrogens with one attached hydrogen (secondary N) is 3.